The van der Waals surface area contributed by atoms with E-state index < -0.39 is 24.7 Å². The zero-order valence-electron chi connectivity index (χ0n) is 14.8. The highest BCUT2D eigenvalue weighted by atomic mass is 35.5. The molecule has 2 aromatic heterocycles. The monoisotopic (exact) mass is 414 g/mol. The molecule has 0 aromatic carbocycles. The van der Waals surface area contributed by atoms with Crippen molar-refractivity contribution in [3.8, 4) is 0 Å². The van der Waals surface area contributed by atoms with E-state index in [2.05, 4.69) is 25.6 Å². The smallest absolute Gasteiger partial charge is 0.369 e. The molecule has 7 nitrogen and oxygen atoms in total. The van der Waals surface area contributed by atoms with Crippen LogP contribution in [0.2, 0.25) is 5.02 Å². The Labute approximate surface area is 164 Å². The number of hydrogen-bond acceptors (Lipinski definition) is 6. The van der Waals surface area contributed by atoms with Gasteiger partial charge in [0, 0.05) is 24.5 Å². The van der Waals surface area contributed by atoms with Crippen LogP contribution in [-0.2, 0) is 4.79 Å². The van der Waals surface area contributed by atoms with E-state index in [-0.39, 0.29) is 12.3 Å². The lowest BCUT2D eigenvalue weighted by atomic mass is 10.0. The fraction of sp³-hybridized carbons (Fsp3) is 0.412. The normalized spacial score (nSPS) is 16.8. The molecular formula is C17H18ClF3N6O. The third-order valence-electron chi connectivity index (χ3n) is 4.23. The summed E-state index contributed by atoms with van der Waals surface area (Å²) in [6, 6.07) is 2.50. The molecule has 1 unspecified atom stereocenters. The number of carbonyl (C=O) groups is 1. The minimum Gasteiger partial charge on any atom is -0.369 e. The van der Waals surface area contributed by atoms with Gasteiger partial charge in [0.15, 0.2) is 0 Å². The van der Waals surface area contributed by atoms with Gasteiger partial charge in [-0.1, -0.05) is 18.5 Å². The number of halogens is 4. The molecule has 28 heavy (non-hydrogen) atoms. The van der Waals surface area contributed by atoms with Gasteiger partial charge >= 0.3 is 6.18 Å². The number of hydrogen-bond donors (Lipinski definition) is 3. The van der Waals surface area contributed by atoms with Gasteiger partial charge in [-0.05, 0) is 18.6 Å². The van der Waals surface area contributed by atoms with Crippen LogP contribution in [-0.4, -0.2) is 46.2 Å². The van der Waals surface area contributed by atoms with Gasteiger partial charge in [-0.2, -0.15) is 13.2 Å². The van der Waals surface area contributed by atoms with Gasteiger partial charge in [0.25, 0.3) is 0 Å². The van der Waals surface area contributed by atoms with Crippen molar-refractivity contribution in [2.45, 2.75) is 31.5 Å². The van der Waals surface area contributed by atoms with Crippen molar-refractivity contribution in [1.29, 1.82) is 0 Å². The lowest BCUT2D eigenvalue weighted by molar-refractivity contribution is -0.138. The average molecular weight is 415 g/mol. The maximum atomic E-state index is 12.3. The van der Waals surface area contributed by atoms with Crippen LogP contribution in [0.4, 0.5) is 24.8 Å². The third kappa shape index (κ3) is 4.80. The summed E-state index contributed by atoms with van der Waals surface area (Å²) in [7, 11) is 0. The molecule has 0 fully saturated rings. The molecule has 1 aliphatic heterocycles. The maximum absolute atomic E-state index is 12.3. The van der Waals surface area contributed by atoms with Crippen molar-refractivity contribution in [1.82, 2.24) is 20.3 Å². The molecular weight excluding hydrogens is 397 g/mol. The molecule has 1 aliphatic rings. The molecule has 0 saturated heterocycles. The highest BCUT2D eigenvalue weighted by Gasteiger charge is 2.30. The Morgan fingerprint density at radius 3 is 2.93 bits per heavy atom. The Morgan fingerprint density at radius 1 is 1.43 bits per heavy atom. The van der Waals surface area contributed by atoms with Gasteiger partial charge in [0.1, 0.15) is 30.0 Å². The minimum absolute atomic E-state index is 0.179. The van der Waals surface area contributed by atoms with Gasteiger partial charge in [-0.3, -0.25) is 4.79 Å². The number of pyridine rings is 1. The Morgan fingerprint density at radius 2 is 2.21 bits per heavy atom. The summed E-state index contributed by atoms with van der Waals surface area (Å²) in [6.45, 7) is 0.852. The summed E-state index contributed by atoms with van der Waals surface area (Å²) < 4.78 is 36.9. The fourth-order valence-corrected chi connectivity index (χ4v) is 3.04. The van der Waals surface area contributed by atoms with Gasteiger partial charge in [0.2, 0.25) is 5.91 Å². The van der Waals surface area contributed by atoms with Gasteiger partial charge in [-0.25, -0.2) is 15.0 Å². The van der Waals surface area contributed by atoms with Crippen LogP contribution in [0.3, 0.4) is 0 Å². The van der Waals surface area contributed by atoms with E-state index in [1.165, 1.54) is 6.20 Å². The summed E-state index contributed by atoms with van der Waals surface area (Å²) in [5.41, 5.74) is 0.861. The molecule has 1 amide bonds. The number of anilines is 2. The van der Waals surface area contributed by atoms with Crippen molar-refractivity contribution in [2.24, 2.45) is 0 Å². The first-order valence-corrected chi connectivity index (χ1v) is 8.98. The lowest BCUT2D eigenvalue weighted by Crippen LogP contribution is -2.43. The molecule has 0 saturated carbocycles. The average Bonchev–Trinajstić information content (AvgIpc) is 3.07. The lowest BCUT2D eigenvalue weighted by Gasteiger charge is -2.18. The van der Waals surface area contributed by atoms with Crippen molar-refractivity contribution < 1.29 is 18.0 Å². The van der Waals surface area contributed by atoms with Crippen LogP contribution in [0.1, 0.15) is 30.7 Å². The predicted octanol–water partition coefficient (Wildman–Crippen LogP) is 2.95. The Kier molecular flexibility index (Phi) is 5.87. The van der Waals surface area contributed by atoms with Crippen molar-refractivity contribution in [2.75, 3.05) is 23.7 Å². The molecule has 0 radical (unpaired) electrons. The van der Waals surface area contributed by atoms with E-state index in [9.17, 15) is 18.0 Å². The Balaban J connectivity index is 1.73. The van der Waals surface area contributed by atoms with Gasteiger partial charge in [-0.15, -0.1) is 0 Å². The van der Waals surface area contributed by atoms with Crippen molar-refractivity contribution in [3.63, 3.8) is 0 Å². The number of aromatic nitrogens is 3. The third-order valence-corrected chi connectivity index (χ3v) is 4.44. The van der Waals surface area contributed by atoms with E-state index in [0.717, 1.165) is 5.56 Å². The number of alkyl halides is 3. The van der Waals surface area contributed by atoms with Crippen molar-refractivity contribution >= 4 is 29.1 Å². The van der Waals surface area contributed by atoms with E-state index in [1.807, 2.05) is 5.32 Å². The molecule has 11 heteroatoms. The molecule has 150 valence electrons. The van der Waals surface area contributed by atoms with Crippen LogP contribution in [0, 0.1) is 0 Å². The standard InChI is InChI=1S/C17H18ClF3N6O/c1-2-12(16(28)25-8-17(19,20)21)26-13-3-4-22-15(27-13)11-7-24-14-10(11)5-9(18)6-23-14/h3-6,11-12H,2,7-8H2,1H3,(H,23,24)(H,25,28)(H,22,26,27)/t11?,12-/m1/s1. The minimum atomic E-state index is -4.46. The highest BCUT2D eigenvalue weighted by Crippen LogP contribution is 2.34. The summed E-state index contributed by atoms with van der Waals surface area (Å²) in [6.07, 6.45) is -1.11. The number of fused-ring (bicyclic) bond motifs is 1. The first-order chi connectivity index (χ1) is 13.3. The molecule has 2 aromatic rings. The maximum Gasteiger partial charge on any atom is 0.405 e. The van der Waals surface area contributed by atoms with E-state index in [0.29, 0.717) is 29.0 Å². The van der Waals surface area contributed by atoms with Crippen LogP contribution in [0.15, 0.2) is 24.5 Å². The first kappa shape index (κ1) is 20.1. The second-order valence-corrected chi connectivity index (χ2v) is 6.70. The highest BCUT2D eigenvalue weighted by molar-refractivity contribution is 6.30. The van der Waals surface area contributed by atoms with Gasteiger partial charge < -0.3 is 16.0 Å². The van der Waals surface area contributed by atoms with Crippen LogP contribution < -0.4 is 16.0 Å². The number of nitrogens with one attached hydrogen (secondary N) is 3. The summed E-state index contributed by atoms with van der Waals surface area (Å²) in [5.74, 6) is 0.619. The summed E-state index contributed by atoms with van der Waals surface area (Å²) in [5, 5.41) is 8.40. The second-order valence-electron chi connectivity index (χ2n) is 6.26. The summed E-state index contributed by atoms with van der Waals surface area (Å²) in [4.78, 5) is 25.0. The quantitative estimate of drug-likeness (QED) is 0.673. The number of nitrogens with zero attached hydrogens (tertiary/aromatic N) is 3. The first-order valence-electron chi connectivity index (χ1n) is 8.60. The van der Waals surface area contributed by atoms with Crippen LogP contribution in [0.5, 0.6) is 0 Å². The molecule has 2 atom stereocenters. The number of rotatable bonds is 6. The zero-order valence-corrected chi connectivity index (χ0v) is 15.6. The van der Waals surface area contributed by atoms with Crippen LogP contribution in [0.25, 0.3) is 0 Å². The molecule has 3 rings (SSSR count). The van der Waals surface area contributed by atoms with E-state index >= 15 is 0 Å². The largest absolute Gasteiger partial charge is 0.405 e. The second kappa shape index (κ2) is 8.17. The molecule has 3 N–H and O–H groups in total. The zero-order chi connectivity index (χ0) is 20.3. The molecule has 3 heterocycles. The van der Waals surface area contributed by atoms with E-state index in [4.69, 9.17) is 11.6 Å². The molecule has 0 spiro atoms. The Hall–Kier alpha value is -2.62. The summed E-state index contributed by atoms with van der Waals surface area (Å²) >= 11 is 6.02. The Bertz CT molecular complexity index is 863. The number of amides is 1. The molecule has 0 bridgehead atoms. The fourth-order valence-electron chi connectivity index (χ4n) is 2.87. The topological polar surface area (TPSA) is 91.8 Å². The van der Waals surface area contributed by atoms with Gasteiger partial charge in [0.05, 0.1) is 10.9 Å². The van der Waals surface area contributed by atoms with E-state index in [1.54, 1.807) is 25.3 Å². The predicted molar refractivity (Wildman–Crippen MR) is 98.4 cm³/mol. The van der Waals surface area contributed by atoms with Crippen molar-refractivity contribution in [3.05, 3.63) is 40.9 Å². The molecule has 0 aliphatic carbocycles. The SMILES string of the molecule is CC[C@@H](Nc1ccnc(C2CNc3ncc(Cl)cc32)n1)C(=O)NCC(F)(F)F. The van der Waals surface area contributed by atoms with Crippen LogP contribution >= 0.6 is 11.6 Å². The number of carbonyl (C=O) groups excluding carboxylic acids is 1.